The average Bonchev–Trinajstić information content (AvgIpc) is 2.13. The molecule has 0 radical (unpaired) electrons. The third kappa shape index (κ3) is 3.22. The fraction of sp³-hybridized carbons (Fsp3) is 0.364. The minimum Gasteiger partial charge on any atom is -0.459 e. The minimum atomic E-state index is -4.68. The molecule has 0 fully saturated rings. The summed E-state index contributed by atoms with van der Waals surface area (Å²) in [4.78, 5) is 11.5. The Hall–Kier alpha value is -1.11. The molecule has 0 aliphatic carbocycles. The van der Waals surface area contributed by atoms with Crippen LogP contribution in [0.3, 0.4) is 0 Å². The Bertz CT molecular complexity index is 469. The van der Waals surface area contributed by atoms with Crippen LogP contribution in [0, 0.1) is 5.82 Å². The van der Waals surface area contributed by atoms with E-state index in [0.717, 1.165) is 0 Å². The zero-order valence-electron chi connectivity index (χ0n) is 9.44. The van der Waals surface area contributed by atoms with Crippen molar-refractivity contribution in [3.05, 3.63) is 33.5 Å². The van der Waals surface area contributed by atoms with Crippen molar-refractivity contribution in [1.82, 2.24) is 0 Å². The van der Waals surface area contributed by atoms with E-state index in [2.05, 4.69) is 20.7 Å². The van der Waals surface area contributed by atoms with E-state index in [9.17, 15) is 22.4 Å². The van der Waals surface area contributed by atoms with E-state index in [1.54, 1.807) is 0 Å². The maximum absolute atomic E-state index is 13.4. The Labute approximate surface area is 109 Å². The summed E-state index contributed by atoms with van der Waals surface area (Å²) >= 11 is 2.60. The van der Waals surface area contributed by atoms with Gasteiger partial charge in [0.25, 0.3) is 0 Å². The summed E-state index contributed by atoms with van der Waals surface area (Å²) in [5.41, 5.74) is -1.88. The molecule has 0 saturated heterocycles. The number of esters is 1. The van der Waals surface area contributed by atoms with Crippen LogP contribution in [0.2, 0.25) is 0 Å². The summed E-state index contributed by atoms with van der Waals surface area (Å²) in [6.45, 7) is 3.02. The van der Waals surface area contributed by atoms with Gasteiger partial charge in [0.2, 0.25) is 0 Å². The van der Waals surface area contributed by atoms with Crippen LogP contribution in [0.25, 0.3) is 0 Å². The molecule has 0 saturated carbocycles. The third-order valence-electron chi connectivity index (χ3n) is 1.94. The van der Waals surface area contributed by atoms with Crippen molar-refractivity contribution < 1.29 is 27.1 Å². The molecule has 1 aromatic rings. The number of halogens is 5. The smallest absolute Gasteiger partial charge is 0.417 e. The van der Waals surface area contributed by atoms with Crippen molar-refractivity contribution >= 4 is 21.9 Å². The number of hydrogen-bond acceptors (Lipinski definition) is 2. The van der Waals surface area contributed by atoms with E-state index in [4.69, 9.17) is 0 Å². The van der Waals surface area contributed by atoms with Crippen LogP contribution in [0.5, 0.6) is 0 Å². The van der Waals surface area contributed by atoms with Gasteiger partial charge in [-0.25, -0.2) is 9.18 Å². The van der Waals surface area contributed by atoms with E-state index in [0.29, 0.717) is 12.1 Å². The third-order valence-corrected chi connectivity index (χ3v) is 2.77. The SMILES string of the molecule is CC(C)OC(=O)c1c(F)ccc(C(F)(F)F)c1Br. The number of benzene rings is 1. The summed E-state index contributed by atoms with van der Waals surface area (Å²) in [5.74, 6) is -2.21. The summed E-state index contributed by atoms with van der Waals surface area (Å²) in [6, 6.07) is 1.15. The molecule has 0 unspecified atom stereocenters. The van der Waals surface area contributed by atoms with Crippen molar-refractivity contribution in [1.29, 1.82) is 0 Å². The molecule has 1 rings (SSSR count). The zero-order chi connectivity index (χ0) is 14.1. The average molecular weight is 329 g/mol. The molecule has 0 spiro atoms. The lowest BCUT2D eigenvalue weighted by molar-refractivity contribution is -0.138. The molecular weight excluding hydrogens is 320 g/mol. The van der Waals surface area contributed by atoms with Gasteiger partial charge in [0.05, 0.1) is 11.7 Å². The van der Waals surface area contributed by atoms with Gasteiger partial charge in [-0.15, -0.1) is 0 Å². The monoisotopic (exact) mass is 328 g/mol. The standard InChI is InChI=1S/C11H9BrF4O2/c1-5(2)18-10(17)8-7(13)4-3-6(9(8)12)11(14,15)16/h3-5H,1-2H3. The van der Waals surface area contributed by atoms with Crippen LogP contribution >= 0.6 is 15.9 Å². The first-order chi connectivity index (χ1) is 8.14. The highest BCUT2D eigenvalue weighted by Gasteiger charge is 2.36. The van der Waals surface area contributed by atoms with Crippen molar-refractivity contribution in [2.24, 2.45) is 0 Å². The molecule has 0 aliphatic heterocycles. The van der Waals surface area contributed by atoms with Gasteiger partial charge in [-0.3, -0.25) is 0 Å². The second-order valence-electron chi connectivity index (χ2n) is 3.74. The van der Waals surface area contributed by atoms with E-state index in [1.165, 1.54) is 13.8 Å². The Morgan fingerprint density at radius 1 is 1.33 bits per heavy atom. The Kier molecular flexibility index (Phi) is 4.37. The molecule has 0 amide bonds. The molecule has 18 heavy (non-hydrogen) atoms. The van der Waals surface area contributed by atoms with Gasteiger partial charge >= 0.3 is 12.1 Å². The van der Waals surface area contributed by atoms with Gasteiger partial charge < -0.3 is 4.74 Å². The van der Waals surface area contributed by atoms with Crippen LogP contribution in [-0.2, 0) is 10.9 Å². The number of carbonyl (C=O) groups is 1. The Morgan fingerprint density at radius 2 is 1.89 bits per heavy atom. The largest absolute Gasteiger partial charge is 0.459 e. The Balaban J connectivity index is 3.31. The molecule has 0 aliphatic rings. The molecular formula is C11H9BrF4O2. The van der Waals surface area contributed by atoms with Crippen LogP contribution in [-0.4, -0.2) is 12.1 Å². The first-order valence-electron chi connectivity index (χ1n) is 4.90. The molecule has 0 N–H and O–H groups in total. The lowest BCUT2D eigenvalue weighted by atomic mass is 10.1. The van der Waals surface area contributed by atoms with E-state index in [1.807, 2.05) is 0 Å². The van der Waals surface area contributed by atoms with Gasteiger partial charge in [0.1, 0.15) is 11.4 Å². The zero-order valence-corrected chi connectivity index (χ0v) is 11.0. The summed E-state index contributed by atoms with van der Waals surface area (Å²) in [7, 11) is 0. The molecule has 0 aromatic heterocycles. The number of ether oxygens (including phenoxy) is 1. The molecule has 2 nitrogen and oxygen atoms in total. The fourth-order valence-electron chi connectivity index (χ4n) is 1.23. The summed E-state index contributed by atoms with van der Waals surface area (Å²) < 4.78 is 55.2. The normalized spacial score (nSPS) is 11.8. The van der Waals surface area contributed by atoms with E-state index >= 15 is 0 Å². The maximum Gasteiger partial charge on any atom is 0.417 e. The van der Waals surface area contributed by atoms with E-state index < -0.39 is 39.7 Å². The molecule has 0 heterocycles. The highest BCUT2D eigenvalue weighted by Crippen LogP contribution is 2.37. The molecule has 0 bridgehead atoms. The highest BCUT2D eigenvalue weighted by atomic mass is 79.9. The van der Waals surface area contributed by atoms with Gasteiger partial charge in [0, 0.05) is 4.47 Å². The quantitative estimate of drug-likeness (QED) is 0.601. The topological polar surface area (TPSA) is 26.3 Å². The predicted molar refractivity (Wildman–Crippen MR) is 59.7 cm³/mol. The second kappa shape index (κ2) is 5.26. The molecule has 1 aromatic carbocycles. The van der Waals surface area contributed by atoms with Crippen molar-refractivity contribution in [2.45, 2.75) is 26.1 Å². The van der Waals surface area contributed by atoms with E-state index in [-0.39, 0.29) is 0 Å². The predicted octanol–water partition coefficient (Wildman–Crippen LogP) is 4.17. The van der Waals surface area contributed by atoms with Gasteiger partial charge in [0.15, 0.2) is 0 Å². The lowest BCUT2D eigenvalue weighted by Gasteiger charge is -2.14. The molecule has 100 valence electrons. The van der Waals surface area contributed by atoms with Gasteiger partial charge in [-0.2, -0.15) is 13.2 Å². The Morgan fingerprint density at radius 3 is 2.33 bits per heavy atom. The number of carbonyl (C=O) groups excluding carboxylic acids is 1. The number of alkyl halides is 3. The van der Waals surface area contributed by atoms with Crippen molar-refractivity contribution in [3.8, 4) is 0 Å². The second-order valence-corrected chi connectivity index (χ2v) is 4.53. The summed E-state index contributed by atoms with van der Waals surface area (Å²) in [5, 5.41) is 0. The van der Waals surface area contributed by atoms with Gasteiger partial charge in [-0.05, 0) is 41.9 Å². The number of hydrogen-bond donors (Lipinski definition) is 0. The fourth-order valence-corrected chi connectivity index (χ4v) is 1.94. The highest BCUT2D eigenvalue weighted by molar-refractivity contribution is 9.10. The minimum absolute atomic E-state index is 0.557. The first-order valence-corrected chi connectivity index (χ1v) is 5.70. The lowest BCUT2D eigenvalue weighted by Crippen LogP contribution is -2.16. The maximum atomic E-state index is 13.4. The first kappa shape index (κ1) is 14.9. The molecule has 0 atom stereocenters. The van der Waals surface area contributed by atoms with Crippen molar-refractivity contribution in [3.63, 3.8) is 0 Å². The van der Waals surface area contributed by atoms with Crippen LogP contribution in [0.15, 0.2) is 16.6 Å². The molecule has 7 heteroatoms. The summed E-state index contributed by atoms with van der Waals surface area (Å²) in [6.07, 6.45) is -5.24. The van der Waals surface area contributed by atoms with Crippen LogP contribution in [0.1, 0.15) is 29.8 Å². The van der Waals surface area contributed by atoms with Gasteiger partial charge in [-0.1, -0.05) is 0 Å². The van der Waals surface area contributed by atoms with Crippen LogP contribution in [0.4, 0.5) is 17.6 Å². The number of rotatable bonds is 2. The van der Waals surface area contributed by atoms with Crippen LogP contribution < -0.4 is 0 Å². The van der Waals surface area contributed by atoms with Crippen molar-refractivity contribution in [2.75, 3.05) is 0 Å².